The summed E-state index contributed by atoms with van der Waals surface area (Å²) >= 11 is 5.95. The van der Waals surface area contributed by atoms with Crippen LogP contribution < -0.4 is 10.2 Å². The van der Waals surface area contributed by atoms with Crippen molar-refractivity contribution < 1.29 is 9.69 Å². The van der Waals surface area contributed by atoms with Crippen LogP contribution in [0.2, 0.25) is 5.02 Å². The van der Waals surface area contributed by atoms with Crippen LogP contribution in [-0.2, 0) is 4.79 Å². The summed E-state index contributed by atoms with van der Waals surface area (Å²) in [7, 11) is 0. The van der Waals surface area contributed by atoms with Crippen molar-refractivity contribution in [2.24, 2.45) is 0 Å². The number of nitrogens with one attached hydrogen (secondary N) is 2. The molecule has 106 valence electrons. The van der Waals surface area contributed by atoms with Gasteiger partial charge in [-0.1, -0.05) is 11.6 Å². The second-order valence-electron chi connectivity index (χ2n) is 5.20. The molecule has 2 N–H and O–H groups in total. The summed E-state index contributed by atoms with van der Waals surface area (Å²) in [6.07, 6.45) is 4.95. The van der Waals surface area contributed by atoms with Gasteiger partial charge in [-0.15, -0.1) is 0 Å². The molecule has 0 aliphatic carbocycles. The first-order valence-corrected chi connectivity index (χ1v) is 7.40. The van der Waals surface area contributed by atoms with Crippen molar-refractivity contribution in [3.05, 3.63) is 28.8 Å². The number of hydrogen-bond donors (Lipinski definition) is 2. The zero-order chi connectivity index (χ0) is 14.4. The van der Waals surface area contributed by atoms with Gasteiger partial charge in [-0.05, 0) is 43.9 Å². The second kappa shape index (κ2) is 7.28. The maximum atomic E-state index is 12.0. The first-order chi connectivity index (χ1) is 9.69. The smallest absolute Gasteiger partial charge is 0.279 e. The number of carbonyl (C=O) groups is 1. The number of benzene rings is 1. The van der Waals surface area contributed by atoms with Gasteiger partial charge in [0.1, 0.15) is 6.07 Å². The van der Waals surface area contributed by atoms with E-state index in [0.29, 0.717) is 22.8 Å². The highest BCUT2D eigenvalue weighted by molar-refractivity contribution is 6.32. The molecule has 20 heavy (non-hydrogen) atoms. The minimum absolute atomic E-state index is 0.00248. The first kappa shape index (κ1) is 14.8. The lowest BCUT2D eigenvalue weighted by atomic mass is 10.2. The van der Waals surface area contributed by atoms with E-state index >= 15 is 0 Å². The van der Waals surface area contributed by atoms with Gasteiger partial charge in [-0.3, -0.25) is 4.79 Å². The fourth-order valence-corrected chi connectivity index (χ4v) is 2.74. The van der Waals surface area contributed by atoms with Gasteiger partial charge in [0.2, 0.25) is 0 Å². The molecule has 1 amide bonds. The highest BCUT2D eigenvalue weighted by atomic mass is 35.5. The summed E-state index contributed by atoms with van der Waals surface area (Å²) in [6.45, 7) is 2.64. The molecule has 4 nitrogen and oxygen atoms in total. The largest absolute Gasteiger partial charge is 0.327 e. The van der Waals surface area contributed by atoms with Crippen LogP contribution in [0.25, 0.3) is 0 Å². The van der Waals surface area contributed by atoms with Gasteiger partial charge in [0, 0.05) is 5.69 Å². The Balaban J connectivity index is 1.90. The number of quaternary nitrogens is 1. The van der Waals surface area contributed by atoms with Crippen molar-refractivity contribution in [1.82, 2.24) is 0 Å². The Hall–Kier alpha value is -1.57. The van der Waals surface area contributed by atoms with E-state index < -0.39 is 0 Å². The fourth-order valence-electron chi connectivity index (χ4n) is 2.52. The Morgan fingerprint density at radius 1 is 1.30 bits per heavy atom. The summed E-state index contributed by atoms with van der Waals surface area (Å²) in [5.41, 5.74) is 1.07. The number of nitriles is 1. The average molecular weight is 293 g/mol. The Labute approximate surface area is 124 Å². The van der Waals surface area contributed by atoms with Crippen molar-refractivity contribution in [3.63, 3.8) is 0 Å². The summed E-state index contributed by atoms with van der Waals surface area (Å²) in [5, 5.41) is 12.0. The van der Waals surface area contributed by atoms with E-state index in [2.05, 4.69) is 5.32 Å². The molecule has 1 aromatic rings. The third kappa shape index (κ3) is 4.22. The van der Waals surface area contributed by atoms with Crippen molar-refractivity contribution in [1.29, 1.82) is 5.26 Å². The van der Waals surface area contributed by atoms with Crippen LogP contribution in [-0.4, -0.2) is 25.5 Å². The minimum atomic E-state index is 0.00248. The molecule has 0 radical (unpaired) electrons. The number of rotatable bonds is 3. The quantitative estimate of drug-likeness (QED) is 0.889. The molecule has 1 aliphatic rings. The molecule has 0 bridgehead atoms. The standard InChI is InChI=1S/C15H18ClN3O/c16-14-9-13(6-5-12(14)10-17)18-15(20)11-19-7-3-1-2-4-8-19/h5-6,9H,1-4,7-8,11H2,(H,18,20)/p+1. The summed E-state index contributed by atoms with van der Waals surface area (Å²) < 4.78 is 0. The highest BCUT2D eigenvalue weighted by Crippen LogP contribution is 2.19. The summed E-state index contributed by atoms with van der Waals surface area (Å²) in [6, 6.07) is 6.95. The molecule has 0 aromatic heterocycles. The number of halogens is 1. The first-order valence-electron chi connectivity index (χ1n) is 7.02. The maximum absolute atomic E-state index is 12.0. The minimum Gasteiger partial charge on any atom is -0.327 e. The maximum Gasteiger partial charge on any atom is 0.279 e. The molecular formula is C15H19ClN3O+. The van der Waals surface area contributed by atoms with Gasteiger partial charge in [0.15, 0.2) is 6.54 Å². The van der Waals surface area contributed by atoms with Crippen LogP contribution in [0.15, 0.2) is 18.2 Å². The van der Waals surface area contributed by atoms with E-state index in [0.717, 1.165) is 13.1 Å². The van der Waals surface area contributed by atoms with Crippen LogP contribution in [0.4, 0.5) is 5.69 Å². The highest BCUT2D eigenvalue weighted by Gasteiger charge is 2.16. The third-order valence-corrected chi connectivity index (χ3v) is 3.91. The molecule has 1 aliphatic heterocycles. The molecule has 1 heterocycles. The number of carbonyl (C=O) groups excluding carboxylic acids is 1. The molecule has 5 heteroatoms. The monoisotopic (exact) mass is 292 g/mol. The number of nitrogens with zero attached hydrogens (tertiary/aromatic N) is 1. The number of anilines is 1. The molecule has 2 rings (SSSR count). The molecule has 0 atom stereocenters. The Morgan fingerprint density at radius 3 is 2.60 bits per heavy atom. The number of amides is 1. The summed E-state index contributed by atoms with van der Waals surface area (Å²) in [4.78, 5) is 13.4. The van der Waals surface area contributed by atoms with E-state index in [1.165, 1.54) is 30.6 Å². The predicted octanol–water partition coefficient (Wildman–Crippen LogP) is 1.61. The summed E-state index contributed by atoms with van der Waals surface area (Å²) in [5.74, 6) is 0.00248. The molecule has 0 saturated carbocycles. The van der Waals surface area contributed by atoms with E-state index in [1.54, 1.807) is 18.2 Å². The van der Waals surface area contributed by atoms with Crippen molar-refractivity contribution in [3.8, 4) is 6.07 Å². The van der Waals surface area contributed by atoms with Crippen LogP contribution in [0, 0.1) is 11.3 Å². The van der Waals surface area contributed by atoms with E-state index in [-0.39, 0.29) is 5.91 Å². The van der Waals surface area contributed by atoms with Crippen LogP contribution in [0.1, 0.15) is 31.2 Å². The van der Waals surface area contributed by atoms with Gasteiger partial charge in [0.05, 0.1) is 23.7 Å². The van der Waals surface area contributed by atoms with Gasteiger partial charge >= 0.3 is 0 Å². The van der Waals surface area contributed by atoms with Gasteiger partial charge in [0.25, 0.3) is 5.91 Å². The zero-order valence-electron chi connectivity index (χ0n) is 11.4. The van der Waals surface area contributed by atoms with Crippen LogP contribution in [0.5, 0.6) is 0 Å². The topological polar surface area (TPSA) is 57.3 Å². The molecular weight excluding hydrogens is 274 g/mol. The SMILES string of the molecule is N#Cc1ccc(NC(=O)C[NH+]2CCCCCC2)cc1Cl. The lowest BCUT2D eigenvalue weighted by Gasteiger charge is -2.16. The fraction of sp³-hybridized carbons (Fsp3) is 0.467. The van der Waals surface area contributed by atoms with Crippen molar-refractivity contribution in [2.45, 2.75) is 25.7 Å². The normalized spacial score (nSPS) is 16.2. The van der Waals surface area contributed by atoms with E-state index in [9.17, 15) is 4.79 Å². The van der Waals surface area contributed by atoms with Crippen LogP contribution in [0.3, 0.4) is 0 Å². The van der Waals surface area contributed by atoms with Crippen LogP contribution >= 0.6 is 11.6 Å². The third-order valence-electron chi connectivity index (χ3n) is 3.59. The van der Waals surface area contributed by atoms with Crippen molar-refractivity contribution in [2.75, 3.05) is 25.0 Å². The molecule has 0 unspecified atom stereocenters. The Kier molecular flexibility index (Phi) is 5.40. The van der Waals surface area contributed by atoms with Gasteiger partial charge in [-0.25, -0.2) is 0 Å². The van der Waals surface area contributed by atoms with Gasteiger partial charge < -0.3 is 10.2 Å². The van der Waals surface area contributed by atoms with E-state index in [1.807, 2.05) is 6.07 Å². The molecule has 0 spiro atoms. The number of hydrogen-bond acceptors (Lipinski definition) is 2. The molecule has 1 fully saturated rings. The average Bonchev–Trinajstić information content (AvgIpc) is 2.67. The Morgan fingerprint density at radius 2 is 2.00 bits per heavy atom. The zero-order valence-corrected chi connectivity index (χ0v) is 12.2. The molecule has 1 saturated heterocycles. The Bertz CT molecular complexity index is 516. The second-order valence-corrected chi connectivity index (χ2v) is 5.60. The van der Waals surface area contributed by atoms with Gasteiger partial charge in [-0.2, -0.15) is 5.26 Å². The lowest BCUT2D eigenvalue weighted by Crippen LogP contribution is -3.12. The van der Waals surface area contributed by atoms with E-state index in [4.69, 9.17) is 16.9 Å². The predicted molar refractivity (Wildman–Crippen MR) is 78.8 cm³/mol. The number of likely N-dealkylation sites (tertiary alicyclic amines) is 1. The molecule has 1 aromatic carbocycles. The lowest BCUT2D eigenvalue weighted by molar-refractivity contribution is -0.890. The van der Waals surface area contributed by atoms with Crippen molar-refractivity contribution >= 4 is 23.2 Å².